The third-order valence-electron chi connectivity index (χ3n) is 5.21. The van der Waals surface area contributed by atoms with E-state index in [4.69, 9.17) is 9.15 Å². The maximum absolute atomic E-state index is 13.9. The van der Waals surface area contributed by atoms with Crippen molar-refractivity contribution in [1.82, 2.24) is 15.2 Å². The number of ether oxygens (including phenoxy) is 1. The first-order valence-corrected chi connectivity index (χ1v) is 11.6. The van der Waals surface area contributed by atoms with Gasteiger partial charge >= 0.3 is 0 Å². The smallest absolute Gasteiger partial charge is 0.273 e. The van der Waals surface area contributed by atoms with Crippen LogP contribution in [0, 0.1) is 5.82 Å². The molecule has 1 saturated heterocycles. The molecule has 0 radical (unpaired) electrons. The molecule has 1 aliphatic rings. The van der Waals surface area contributed by atoms with Crippen LogP contribution in [0.5, 0.6) is 0 Å². The molecule has 4 rings (SSSR count). The van der Waals surface area contributed by atoms with Crippen molar-refractivity contribution in [1.29, 1.82) is 0 Å². The first kappa shape index (κ1) is 22.9. The molecule has 0 spiro atoms. The molecule has 1 aromatic carbocycles. The molecule has 0 aliphatic carbocycles. The maximum atomic E-state index is 13.9. The lowest BCUT2D eigenvalue weighted by atomic mass is 10.2. The van der Waals surface area contributed by atoms with E-state index < -0.39 is 5.82 Å². The Labute approximate surface area is 194 Å². The molecule has 1 unspecified atom stereocenters. The van der Waals surface area contributed by atoms with Gasteiger partial charge in [0.2, 0.25) is 5.91 Å². The van der Waals surface area contributed by atoms with Crippen LogP contribution in [0.3, 0.4) is 0 Å². The van der Waals surface area contributed by atoms with Gasteiger partial charge in [-0.15, -0.1) is 11.3 Å². The highest BCUT2D eigenvalue weighted by Gasteiger charge is 2.22. The number of hydrogen-bond donors (Lipinski definition) is 2. The molecule has 2 aromatic heterocycles. The molecule has 2 amide bonds. The van der Waals surface area contributed by atoms with Crippen molar-refractivity contribution in [2.75, 3.05) is 25.0 Å². The number of nitrogens with one attached hydrogen (secondary N) is 2. The Bertz CT molecular complexity index is 1070. The van der Waals surface area contributed by atoms with E-state index in [1.54, 1.807) is 35.7 Å². The summed E-state index contributed by atoms with van der Waals surface area (Å²) in [7, 11) is 0. The predicted octanol–water partition coefficient (Wildman–Crippen LogP) is 3.95. The zero-order chi connectivity index (χ0) is 23.0. The zero-order valence-electron chi connectivity index (χ0n) is 18.0. The van der Waals surface area contributed by atoms with E-state index in [0.717, 1.165) is 19.4 Å². The summed E-state index contributed by atoms with van der Waals surface area (Å²) in [6.45, 7) is 1.61. The van der Waals surface area contributed by atoms with E-state index in [-0.39, 0.29) is 48.8 Å². The van der Waals surface area contributed by atoms with Crippen LogP contribution in [-0.4, -0.2) is 47.5 Å². The number of aromatic nitrogens is 1. The van der Waals surface area contributed by atoms with Gasteiger partial charge in [0, 0.05) is 31.5 Å². The SMILES string of the molecule is O=C(CCN(Cc1ccco1)C(=O)c1csc(Nc2ccccc2F)n1)NCC1CCCO1. The lowest BCUT2D eigenvalue weighted by molar-refractivity contribution is -0.121. The number of furan rings is 1. The number of carbonyl (C=O) groups excluding carboxylic acids is 2. The van der Waals surface area contributed by atoms with Gasteiger partial charge in [0.25, 0.3) is 5.91 Å². The summed E-state index contributed by atoms with van der Waals surface area (Å²) < 4.78 is 24.8. The van der Waals surface area contributed by atoms with Crippen LogP contribution >= 0.6 is 11.3 Å². The van der Waals surface area contributed by atoms with Crippen molar-refractivity contribution in [2.45, 2.75) is 31.9 Å². The molecule has 0 bridgehead atoms. The highest BCUT2D eigenvalue weighted by atomic mass is 32.1. The molecule has 10 heteroatoms. The summed E-state index contributed by atoms with van der Waals surface area (Å²) in [6, 6.07) is 9.75. The molecule has 2 N–H and O–H groups in total. The van der Waals surface area contributed by atoms with Crippen molar-refractivity contribution in [3.05, 3.63) is 65.3 Å². The zero-order valence-corrected chi connectivity index (χ0v) is 18.8. The van der Waals surface area contributed by atoms with Crippen LogP contribution < -0.4 is 10.6 Å². The van der Waals surface area contributed by atoms with Gasteiger partial charge in [-0.1, -0.05) is 12.1 Å². The van der Waals surface area contributed by atoms with E-state index in [0.29, 0.717) is 17.4 Å². The Morgan fingerprint density at radius 2 is 2.12 bits per heavy atom. The normalized spacial score (nSPS) is 15.4. The molecular weight excluding hydrogens is 447 g/mol. The van der Waals surface area contributed by atoms with Crippen LogP contribution in [-0.2, 0) is 16.1 Å². The Hall–Kier alpha value is -3.24. The standard InChI is InChI=1S/C23H25FN4O4S/c24-18-7-1-2-8-19(18)26-23-27-20(15-33-23)22(30)28(14-17-6-4-12-32-17)10-9-21(29)25-13-16-5-3-11-31-16/h1-2,4,6-8,12,15-16H,3,5,9-11,13-14H2,(H,25,29)(H,26,27). The summed E-state index contributed by atoms with van der Waals surface area (Å²) in [5.74, 6) is -0.295. The molecule has 3 heterocycles. The number of rotatable bonds is 10. The highest BCUT2D eigenvalue weighted by molar-refractivity contribution is 7.14. The lowest BCUT2D eigenvalue weighted by Gasteiger charge is -2.21. The van der Waals surface area contributed by atoms with Crippen LogP contribution in [0.25, 0.3) is 0 Å². The molecule has 3 aromatic rings. The van der Waals surface area contributed by atoms with Crippen molar-refractivity contribution < 1.29 is 23.1 Å². The number of halogens is 1. The molecule has 8 nitrogen and oxygen atoms in total. The van der Waals surface area contributed by atoms with E-state index in [2.05, 4.69) is 15.6 Å². The second-order valence-corrected chi connectivity index (χ2v) is 8.50. The van der Waals surface area contributed by atoms with E-state index in [1.165, 1.54) is 28.6 Å². The van der Waals surface area contributed by atoms with Crippen LogP contribution in [0.2, 0.25) is 0 Å². The first-order valence-electron chi connectivity index (χ1n) is 10.8. The van der Waals surface area contributed by atoms with Gasteiger partial charge in [-0.25, -0.2) is 9.37 Å². The quantitative estimate of drug-likeness (QED) is 0.464. The topological polar surface area (TPSA) is 96.7 Å². The molecular formula is C23H25FN4O4S. The minimum Gasteiger partial charge on any atom is -0.467 e. The van der Waals surface area contributed by atoms with E-state index in [9.17, 15) is 14.0 Å². The van der Waals surface area contributed by atoms with Gasteiger partial charge in [-0.2, -0.15) is 0 Å². The summed E-state index contributed by atoms with van der Waals surface area (Å²) in [5, 5.41) is 7.77. The number of nitrogens with zero attached hydrogens (tertiary/aromatic N) is 2. The van der Waals surface area contributed by atoms with Crippen LogP contribution in [0.1, 0.15) is 35.5 Å². The minimum absolute atomic E-state index is 0.0604. The third kappa shape index (κ3) is 6.39. The number of anilines is 2. The fourth-order valence-corrected chi connectivity index (χ4v) is 4.17. The fraction of sp³-hybridized carbons (Fsp3) is 0.348. The minimum atomic E-state index is -0.408. The second-order valence-electron chi connectivity index (χ2n) is 7.64. The molecule has 1 aliphatic heterocycles. The fourth-order valence-electron chi connectivity index (χ4n) is 3.47. The molecule has 1 fully saturated rings. The molecule has 33 heavy (non-hydrogen) atoms. The molecule has 174 valence electrons. The summed E-state index contributed by atoms with van der Waals surface area (Å²) in [6.07, 6.45) is 3.68. The third-order valence-corrected chi connectivity index (χ3v) is 5.97. The Balaban J connectivity index is 1.38. The van der Waals surface area contributed by atoms with Crippen molar-refractivity contribution in [3.8, 4) is 0 Å². The Morgan fingerprint density at radius 3 is 2.88 bits per heavy atom. The van der Waals surface area contributed by atoms with E-state index >= 15 is 0 Å². The van der Waals surface area contributed by atoms with E-state index in [1.807, 2.05) is 0 Å². The van der Waals surface area contributed by atoms with Crippen LogP contribution in [0.4, 0.5) is 15.2 Å². The number of benzene rings is 1. The Kier molecular flexibility index (Phi) is 7.69. The Morgan fingerprint density at radius 1 is 1.24 bits per heavy atom. The average Bonchev–Trinajstić information content (AvgIpc) is 3.59. The molecule has 0 saturated carbocycles. The molecule has 1 atom stereocenters. The number of thiazole rings is 1. The summed E-state index contributed by atoms with van der Waals surface area (Å²) in [5.41, 5.74) is 0.492. The maximum Gasteiger partial charge on any atom is 0.273 e. The van der Waals surface area contributed by atoms with Crippen molar-refractivity contribution in [3.63, 3.8) is 0 Å². The predicted molar refractivity (Wildman–Crippen MR) is 122 cm³/mol. The van der Waals surface area contributed by atoms with Gasteiger partial charge in [0.15, 0.2) is 5.13 Å². The van der Waals surface area contributed by atoms with Crippen molar-refractivity contribution >= 4 is 34.0 Å². The largest absolute Gasteiger partial charge is 0.467 e. The first-order chi connectivity index (χ1) is 16.1. The number of amides is 2. The average molecular weight is 473 g/mol. The number of carbonyl (C=O) groups is 2. The number of hydrogen-bond acceptors (Lipinski definition) is 7. The van der Waals surface area contributed by atoms with Gasteiger partial charge < -0.3 is 24.7 Å². The number of para-hydroxylation sites is 1. The van der Waals surface area contributed by atoms with Gasteiger partial charge in [-0.05, 0) is 37.1 Å². The summed E-state index contributed by atoms with van der Waals surface area (Å²) >= 11 is 1.20. The van der Waals surface area contributed by atoms with Crippen molar-refractivity contribution in [2.24, 2.45) is 0 Å². The highest BCUT2D eigenvalue weighted by Crippen LogP contribution is 2.24. The second kappa shape index (κ2) is 11.1. The van der Waals surface area contributed by atoms with Gasteiger partial charge in [0.1, 0.15) is 17.3 Å². The van der Waals surface area contributed by atoms with Crippen LogP contribution in [0.15, 0.2) is 52.5 Å². The monoisotopic (exact) mass is 472 g/mol. The van der Waals surface area contributed by atoms with Gasteiger partial charge in [-0.3, -0.25) is 9.59 Å². The lowest BCUT2D eigenvalue weighted by Crippen LogP contribution is -2.37. The summed E-state index contributed by atoms with van der Waals surface area (Å²) in [4.78, 5) is 31.3. The van der Waals surface area contributed by atoms with Gasteiger partial charge in [0.05, 0.1) is 24.6 Å².